The highest BCUT2D eigenvalue weighted by molar-refractivity contribution is 6.00. The Labute approximate surface area is 125 Å². The van der Waals surface area contributed by atoms with Gasteiger partial charge in [-0.15, -0.1) is 0 Å². The third-order valence-corrected chi connectivity index (χ3v) is 3.53. The normalized spacial score (nSPS) is 17.0. The summed E-state index contributed by atoms with van der Waals surface area (Å²) in [6.45, 7) is 1.82. The zero-order valence-electron chi connectivity index (χ0n) is 11.9. The van der Waals surface area contributed by atoms with E-state index in [9.17, 15) is 14.4 Å². The summed E-state index contributed by atoms with van der Waals surface area (Å²) < 4.78 is 5.13. The standard InChI is InChI=1S/C15H14N2O4.H2O/c1-8-6-14(19)21-12-7-9(2-3-10(8)12)16-15(20)11-4-5-13(18)17-11;/h2-3,6-7,11H,4-5H2,1H3,(H,16,20)(H,17,18);1H2. The molecule has 1 saturated heterocycles. The molecule has 0 radical (unpaired) electrons. The van der Waals surface area contributed by atoms with Crippen LogP contribution in [0.1, 0.15) is 18.4 Å². The van der Waals surface area contributed by atoms with Gasteiger partial charge in [-0.3, -0.25) is 9.59 Å². The number of carbonyl (C=O) groups is 2. The highest BCUT2D eigenvalue weighted by Gasteiger charge is 2.27. The number of anilines is 1. The smallest absolute Gasteiger partial charge is 0.336 e. The van der Waals surface area contributed by atoms with Crippen molar-refractivity contribution < 1.29 is 19.5 Å². The summed E-state index contributed by atoms with van der Waals surface area (Å²) in [7, 11) is 0. The van der Waals surface area contributed by atoms with E-state index in [0.29, 0.717) is 24.1 Å². The fourth-order valence-electron chi connectivity index (χ4n) is 2.44. The maximum Gasteiger partial charge on any atom is 0.336 e. The SMILES string of the molecule is Cc1cc(=O)oc2cc(NC(=O)C3CCC(=O)N3)ccc12.O. The molecule has 1 unspecified atom stereocenters. The van der Waals surface area contributed by atoms with Crippen molar-refractivity contribution in [3.63, 3.8) is 0 Å². The monoisotopic (exact) mass is 304 g/mol. The lowest BCUT2D eigenvalue weighted by Gasteiger charge is -2.11. The second-order valence-corrected chi connectivity index (χ2v) is 5.11. The van der Waals surface area contributed by atoms with Crippen molar-refractivity contribution in [1.82, 2.24) is 5.32 Å². The van der Waals surface area contributed by atoms with Crippen LogP contribution in [0.15, 0.2) is 33.5 Å². The minimum absolute atomic E-state index is 0. The molecule has 0 aliphatic carbocycles. The van der Waals surface area contributed by atoms with Crippen molar-refractivity contribution >= 4 is 28.5 Å². The average molecular weight is 304 g/mol. The Morgan fingerprint density at radius 3 is 2.77 bits per heavy atom. The zero-order chi connectivity index (χ0) is 15.0. The van der Waals surface area contributed by atoms with Crippen LogP contribution in [0, 0.1) is 6.92 Å². The quantitative estimate of drug-likeness (QED) is 0.784. The van der Waals surface area contributed by atoms with Gasteiger partial charge >= 0.3 is 5.63 Å². The summed E-state index contributed by atoms with van der Waals surface area (Å²) in [5, 5.41) is 6.15. The van der Waals surface area contributed by atoms with Gasteiger partial charge < -0.3 is 20.5 Å². The number of rotatable bonds is 2. The van der Waals surface area contributed by atoms with E-state index in [4.69, 9.17) is 4.42 Å². The van der Waals surface area contributed by atoms with Crippen molar-refractivity contribution in [2.45, 2.75) is 25.8 Å². The number of nitrogens with one attached hydrogen (secondary N) is 2. The molecule has 1 atom stereocenters. The molecular formula is C15H16N2O5. The van der Waals surface area contributed by atoms with E-state index in [1.54, 1.807) is 18.2 Å². The van der Waals surface area contributed by atoms with Crippen molar-refractivity contribution in [2.24, 2.45) is 0 Å². The van der Waals surface area contributed by atoms with Crippen LogP contribution in [0.3, 0.4) is 0 Å². The molecule has 7 heteroatoms. The average Bonchev–Trinajstić information content (AvgIpc) is 2.85. The van der Waals surface area contributed by atoms with Gasteiger partial charge in [0.1, 0.15) is 11.6 Å². The number of aryl methyl sites for hydroxylation is 1. The first-order valence-corrected chi connectivity index (χ1v) is 6.68. The van der Waals surface area contributed by atoms with Gasteiger partial charge in [0, 0.05) is 29.6 Å². The van der Waals surface area contributed by atoms with Gasteiger partial charge in [0.15, 0.2) is 0 Å². The minimum atomic E-state index is -0.502. The lowest BCUT2D eigenvalue weighted by Crippen LogP contribution is -2.37. The van der Waals surface area contributed by atoms with Crippen LogP contribution < -0.4 is 16.3 Å². The van der Waals surface area contributed by atoms with Gasteiger partial charge in [-0.05, 0) is 31.0 Å². The molecule has 7 nitrogen and oxygen atoms in total. The van der Waals surface area contributed by atoms with Crippen LogP contribution in [-0.2, 0) is 9.59 Å². The number of carbonyl (C=O) groups excluding carboxylic acids is 2. The Bertz CT molecular complexity index is 796. The van der Waals surface area contributed by atoms with E-state index in [2.05, 4.69) is 10.6 Å². The van der Waals surface area contributed by atoms with Gasteiger partial charge in [0.2, 0.25) is 11.8 Å². The Morgan fingerprint density at radius 1 is 1.32 bits per heavy atom. The van der Waals surface area contributed by atoms with Gasteiger partial charge in [-0.1, -0.05) is 0 Å². The molecule has 0 bridgehead atoms. The summed E-state index contributed by atoms with van der Waals surface area (Å²) in [5.41, 5.74) is 1.35. The molecule has 0 spiro atoms. The fraction of sp³-hybridized carbons (Fsp3) is 0.267. The van der Waals surface area contributed by atoms with Crippen LogP contribution in [0.25, 0.3) is 11.0 Å². The van der Waals surface area contributed by atoms with Gasteiger partial charge in [0.05, 0.1) is 0 Å². The predicted octanol–water partition coefficient (Wildman–Crippen LogP) is 0.494. The van der Waals surface area contributed by atoms with Gasteiger partial charge in [0.25, 0.3) is 0 Å². The Hall–Kier alpha value is -2.67. The summed E-state index contributed by atoms with van der Waals surface area (Å²) in [5.74, 6) is -0.384. The highest BCUT2D eigenvalue weighted by Crippen LogP contribution is 2.21. The van der Waals surface area contributed by atoms with Crippen LogP contribution in [0.5, 0.6) is 0 Å². The van der Waals surface area contributed by atoms with Crippen LogP contribution >= 0.6 is 0 Å². The molecule has 1 aliphatic heterocycles. The lowest BCUT2D eigenvalue weighted by molar-refractivity contribution is -0.122. The molecular weight excluding hydrogens is 288 g/mol. The molecule has 2 heterocycles. The number of fused-ring (bicyclic) bond motifs is 1. The third kappa shape index (κ3) is 2.99. The molecule has 3 rings (SSSR count). The van der Waals surface area contributed by atoms with Gasteiger partial charge in [-0.2, -0.15) is 0 Å². The Morgan fingerprint density at radius 2 is 2.09 bits per heavy atom. The topological polar surface area (TPSA) is 120 Å². The molecule has 22 heavy (non-hydrogen) atoms. The summed E-state index contributed by atoms with van der Waals surface area (Å²) in [6, 6.07) is 6.06. The van der Waals surface area contributed by atoms with E-state index in [1.807, 2.05) is 6.92 Å². The molecule has 2 aromatic rings. The van der Waals surface area contributed by atoms with Crippen molar-refractivity contribution in [3.8, 4) is 0 Å². The molecule has 1 aromatic heterocycles. The Balaban J connectivity index is 0.00000176. The number of hydrogen-bond donors (Lipinski definition) is 2. The second kappa shape index (κ2) is 5.98. The van der Waals surface area contributed by atoms with Gasteiger partial charge in [-0.25, -0.2) is 4.79 Å². The van der Waals surface area contributed by atoms with Crippen molar-refractivity contribution in [2.75, 3.05) is 5.32 Å². The van der Waals surface area contributed by atoms with E-state index in [-0.39, 0.29) is 17.3 Å². The summed E-state index contributed by atoms with van der Waals surface area (Å²) >= 11 is 0. The maximum absolute atomic E-state index is 12.0. The van der Waals surface area contributed by atoms with E-state index in [1.165, 1.54) is 6.07 Å². The van der Waals surface area contributed by atoms with Crippen molar-refractivity contribution in [3.05, 3.63) is 40.2 Å². The van der Waals surface area contributed by atoms with E-state index >= 15 is 0 Å². The molecule has 2 amide bonds. The molecule has 0 saturated carbocycles. The largest absolute Gasteiger partial charge is 0.423 e. The first-order valence-electron chi connectivity index (χ1n) is 6.68. The second-order valence-electron chi connectivity index (χ2n) is 5.11. The van der Waals surface area contributed by atoms with E-state index < -0.39 is 11.7 Å². The molecule has 116 valence electrons. The number of benzene rings is 1. The number of hydrogen-bond acceptors (Lipinski definition) is 4. The number of amides is 2. The van der Waals surface area contributed by atoms with E-state index in [0.717, 1.165) is 10.9 Å². The summed E-state index contributed by atoms with van der Waals surface area (Å²) in [4.78, 5) is 34.5. The molecule has 1 aromatic carbocycles. The molecule has 1 fully saturated rings. The first-order chi connectivity index (χ1) is 10.0. The van der Waals surface area contributed by atoms with Crippen LogP contribution in [-0.4, -0.2) is 23.3 Å². The summed E-state index contributed by atoms with van der Waals surface area (Å²) in [6.07, 6.45) is 0.857. The molecule has 4 N–H and O–H groups in total. The van der Waals surface area contributed by atoms with Crippen LogP contribution in [0.4, 0.5) is 5.69 Å². The minimum Gasteiger partial charge on any atom is -0.423 e. The third-order valence-electron chi connectivity index (χ3n) is 3.53. The molecule has 1 aliphatic rings. The van der Waals surface area contributed by atoms with Crippen molar-refractivity contribution in [1.29, 1.82) is 0 Å². The fourth-order valence-corrected chi connectivity index (χ4v) is 2.44. The predicted molar refractivity (Wildman–Crippen MR) is 80.6 cm³/mol. The first kappa shape index (κ1) is 15.7. The van der Waals surface area contributed by atoms with Crippen LogP contribution in [0.2, 0.25) is 0 Å². The lowest BCUT2D eigenvalue weighted by atomic mass is 10.1. The highest BCUT2D eigenvalue weighted by atomic mass is 16.4. The zero-order valence-corrected chi connectivity index (χ0v) is 11.9. The Kier molecular flexibility index (Phi) is 4.27. The maximum atomic E-state index is 12.0.